The lowest BCUT2D eigenvalue weighted by atomic mass is 10.1. The predicted octanol–water partition coefficient (Wildman–Crippen LogP) is 4.04. The summed E-state index contributed by atoms with van der Waals surface area (Å²) in [6.07, 6.45) is 2.12. The van der Waals surface area contributed by atoms with Gasteiger partial charge in [-0.2, -0.15) is 0 Å². The summed E-state index contributed by atoms with van der Waals surface area (Å²) in [5, 5.41) is 2.07. The third-order valence-corrected chi connectivity index (χ3v) is 4.91. The van der Waals surface area contributed by atoms with E-state index in [1.807, 2.05) is 6.07 Å². The number of halogens is 1. The minimum atomic E-state index is 0.210. The summed E-state index contributed by atoms with van der Waals surface area (Å²) in [4.78, 5) is 1.22. The van der Waals surface area contributed by atoms with Gasteiger partial charge in [0.05, 0.1) is 0 Å². The van der Waals surface area contributed by atoms with Gasteiger partial charge in [-0.3, -0.25) is 0 Å². The Morgan fingerprint density at radius 1 is 1.39 bits per heavy atom. The van der Waals surface area contributed by atoms with Crippen LogP contribution in [-0.2, 0) is 13.0 Å². The number of benzene rings is 1. The van der Waals surface area contributed by atoms with E-state index >= 15 is 0 Å². The maximum Gasteiger partial charge on any atom is 0.122 e. The molecule has 1 aliphatic rings. The van der Waals surface area contributed by atoms with E-state index in [-0.39, 0.29) is 6.04 Å². The summed E-state index contributed by atoms with van der Waals surface area (Å²) >= 11 is 5.15. The summed E-state index contributed by atoms with van der Waals surface area (Å²) in [6.45, 7) is 0.626. The smallest absolute Gasteiger partial charge is 0.122 e. The summed E-state index contributed by atoms with van der Waals surface area (Å²) < 4.78 is 6.93. The molecule has 0 amide bonds. The first kappa shape index (κ1) is 12.2. The summed E-state index contributed by atoms with van der Waals surface area (Å²) in [7, 11) is 0. The fourth-order valence-corrected chi connectivity index (χ4v) is 3.66. The van der Waals surface area contributed by atoms with Crippen LogP contribution >= 0.6 is 27.3 Å². The van der Waals surface area contributed by atoms with Crippen LogP contribution in [0.2, 0.25) is 0 Å². The normalized spacial score (nSPS) is 17.8. The zero-order valence-corrected chi connectivity index (χ0v) is 12.3. The number of aryl methyl sites for hydroxylation is 1. The summed E-state index contributed by atoms with van der Waals surface area (Å²) in [6, 6.07) is 8.56. The molecule has 4 heteroatoms. The number of nitrogens with two attached hydrogens (primary N) is 1. The van der Waals surface area contributed by atoms with Crippen LogP contribution in [0.1, 0.15) is 28.5 Å². The number of hydrogen-bond donors (Lipinski definition) is 1. The molecule has 3 rings (SSSR count). The van der Waals surface area contributed by atoms with Crippen LogP contribution in [0.4, 0.5) is 0 Å². The molecular weight excluding hydrogens is 310 g/mol. The number of hydrogen-bond acceptors (Lipinski definition) is 3. The quantitative estimate of drug-likeness (QED) is 0.925. The van der Waals surface area contributed by atoms with Crippen molar-refractivity contribution in [3.8, 4) is 5.75 Å². The zero-order valence-electron chi connectivity index (χ0n) is 9.86. The van der Waals surface area contributed by atoms with Crippen molar-refractivity contribution < 1.29 is 4.74 Å². The molecule has 0 radical (unpaired) electrons. The monoisotopic (exact) mass is 323 g/mol. The van der Waals surface area contributed by atoms with Gasteiger partial charge in [-0.1, -0.05) is 6.07 Å². The highest BCUT2D eigenvalue weighted by Gasteiger charge is 2.19. The molecule has 0 bridgehead atoms. The van der Waals surface area contributed by atoms with E-state index in [0.29, 0.717) is 6.61 Å². The number of rotatable bonds is 3. The fraction of sp³-hybridized carbons (Fsp3) is 0.286. The predicted molar refractivity (Wildman–Crippen MR) is 78.0 cm³/mol. The first-order chi connectivity index (χ1) is 8.72. The molecule has 1 aliphatic carbocycles. The third-order valence-electron chi connectivity index (χ3n) is 3.24. The van der Waals surface area contributed by atoms with Crippen molar-refractivity contribution in [2.75, 3.05) is 0 Å². The first-order valence-corrected chi connectivity index (χ1v) is 7.64. The molecule has 1 aromatic carbocycles. The maximum atomic E-state index is 6.02. The van der Waals surface area contributed by atoms with Crippen molar-refractivity contribution in [3.63, 3.8) is 0 Å². The van der Waals surface area contributed by atoms with Crippen molar-refractivity contribution in [3.05, 3.63) is 50.1 Å². The summed E-state index contributed by atoms with van der Waals surface area (Å²) in [5.74, 6) is 0.937. The van der Waals surface area contributed by atoms with Gasteiger partial charge < -0.3 is 10.5 Å². The van der Waals surface area contributed by atoms with Crippen LogP contribution in [-0.4, -0.2) is 0 Å². The van der Waals surface area contributed by atoms with Crippen molar-refractivity contribution in [2.45, 2.75) is 25.5 Å². The van der Waals surface area contributed by atoms with Crippen LogP contribution in [0.3, 0.4) is 0 Å². The molecule has 0 spiro atoms. The molecule has 0 saturated heterocycles. The van der Waals surface area contributed by atoms with E-state index in [4.69, 9.17) is 10.5 Å². The Labute approximate surface area is 119 Å². The topological polar surface area (TPSA) is 35.2 Å². The van der Waals surface area contributed by atoms with Gasteiger partial charge in [-0.05, 0) is 58.1 Å². The number of fused-ring (bicyclic) bond motifs is 1. The van der Waals surface area contributed by atoms with Gasteiger partial charge in [-0.15, -0.1) is 11.3 Å². The highest BCUT2D eigenvalue weighted by atomic mass is 79.9. The van der Waals surface area contributed by atoms with Gasteiger partial charge in [0.25, 0.3) is 0 Å². The van der Waals surface area contributed by atoms with Gasteiger partial charge in [0.15, 0.2) is 0 Å². The fourth-order valence-electron chi connectivity index (χ4n) is 2.30. The standard InChI is InChI=1S/C14H14BrNOS/c15-10-6-12(18-8-10)7-17-11-2-3-13-9(5-11)1-4-14(13)16/h2-3,5-6,8,14H,1,4,7,16H2. The first-order valence-electron chi connectivity index (χ1n) is 5.96. The van der Waals surface area contributed by atoms with Gasteiger partial charge >= 0.3 is 0 Å². The molecule has 2 nitrogen and oxygen atoms in total. The zero-order chi connectivity index (χ0) is 12.5. The van der Waals surface area contributed by atoms with Crippen LogP contribution in [0.25, 0.3) is 0 Å². The van der Waals surface area contributed by atoms with Gasteiger partial charge in [-0.25, -0.2) is 0 Å². The van der Waals surface area contributed by atoms with Crippen molar-refractivity contribution in [2.24, 2.45) is 5.73 Å². The summed E-state index contributed by atoms with van der Waals surface area (Å²) in [5.41, 5.74) is 8.64. The van der Waals surface area contributed by atoms with Gasteiger partial charge in [0.1, 0.15) is 12.4 Å². The van der Waals surface area contributed by atoms with E-state index in [1.54, 1.807) is 11.3 Å². The highest BCUT2D eigenvalue weighted by molar-refractivity contribution is 9.10. The van der Waals surface area contributed by atoms with E-state index in [0.717, 1.165) is 23.1 Å². The average molecular weight is 324 g/mol. The molecule has 1 atom stereocenters. The maximum absolute atomic E-state index is 6.02. The molecule has 0 aliphatic heterocycles. The van der Waals surface area contributed by atoms with E-state index in [2.05, 4.69) is 39.5 Å². The van der Waals surface area contributed by atoms with Crippen molar-refractivity contribution >= 4 is 27.3 Å². The molecule has 1 heterocycles. The Balaban J connectivity index is 1.70. The van der Waals surface area contributed by atoms with E-state index < -0.39 is 0 Å². The molecule has 18 heavy (non-hydrogen) atoms. The van der Waals surface area contributed by atoms with Crippen LogP contribution in [0.5, 0.6) is 5.75 Å². The Morgan fingerprint density at radius 3 is 3.06 bits per heavy atom. The van der Waals surface area contributed by atoms with Gasteiger partial charge in [0, 0.05) is 20.8 Å². The molecule has 2 aromatic rings. The van der Waals surface area contributed by atoms with Crippen molar-refractivity contribution in [1.82, 2.24) is 0 Å². The van der Waals surface area contributed by atoms with Crippen molar-refractivity contribution in [1.29, 1.82) is 0 Å². The van der Waals surface area contributed by atoms with Crippen LogP contribution in [0, 0.1) is 0 Å². The molecular formula is C14H14BrNOS. The lowest BCUT2D eigenvalue weighted by molar-refractivity contribution is 0.309. The largest absolute Gasteiger partial charge is 0.488 e. The Morgan fingerprint density at radius 2 is 2.28 bits per heavy atom. The SMILES string of the molecule is NC1CCc2cc(OCc3cc(Br)cs3)ccc21. The second-order valence-corrected chi connectivity index (χ2v) is 6.44. The second-order valence-electron chi connectivity index (χ2n) is 4.53. The molecule has 0 saturated carbocycles. The number of thiophene rings is 1. The molecule has 1 unspecified atom stereocenters. The number of ether oxygens (including phenoxy) is 1. The molecule has 0 fully saturated rings. The average Bonchev–Trinajstić information content (AvgIpc) is 2.94. The Bertz CT molecular complexity index is 567. The van der Waals surface area contributed by atoms with Crippen LogP contribution < -0.4 is 10.5 Å². The molecule has 94 valence electrons. The third kappa shape index (κ3) is 2.46. The Kier molecular flexibility index (Phi) is 3.41. The minimum Gasteiger partial charge on any atom is -0.488 e. The van der Waals surface area contributed by atoms with E-state index in [1.165, 1.54) is 16.0 Å². The lowest BCUT2D eigenvalue weighted by Gasteiger charge is -2.08. The van der Waals surface area contributed by atoms with Gasteiger partial charge in [0.2, 0.25) is 0 Å². The molecule has 1 aromatic heterocycles. The van der Waals surface area contributed by atoms with Crippen LogP contribution in [0.15, 0.2) is 34.1 Å². The molecule has 2 N–H and O–H groups in total. The second kappa shape index (κ2) is 5.03. The highest BCUT2D eigenvalue weighted by Crippen LogP contribution is 2.32. The lowest BCUT2D eigenvalue weighted by Crippen LogP contribution is -2.04. The minimum absolute atomic E-state index is 0.210. The Hall–Kier alpha value is -0.840. The van der Waals surface area contributed by atoms with E-state index in [9.17, 15) is 0 Å².